The smallest absolute Gasteiger partial charge is 0.429 e. The number of carbonyl (C=O) groups is 2. The van der Waals surface area contributed by atoms with Crippen molar-refractivity contribution in [2.45, 2.75) is 46.1 Å². The minimum atomic E-state index is -0.468. The number of carbonyl (C=O) groups excluding carboxylic acids is 2. The number of hydrogen-bond acceptors (Lipinski definition) is 4. The van der Waals surface area contributed by atoms with Crippen molar-refractivity contribution in [3.63, 3.8) is 0 Å². The van der Waals surface area contributed by atoms with E-state index in [0.29, 0.717) is 35.6 Å². The monoisotopic (exact) mass is 393 g/mol. The van der Waals surface area contributed by atoms with Crippen LogP contribution in [0.15, 0.2) is 64.1 Å². The van der Waals surface area contributed by atoms with E-state index in [-0.39, 0.29) is 29.5 Å². The maximum Gasteiger partial charge on any atom is 0.429 e. The summed E-state index contributed by atoms with van der Waals surface area (Å²) in [5, 5.41) is 0. The van der Waals surface area contributed by atoms with Crippen molar-refractivity contribution in [2.75, 3.05) is 0 Å². The highest BCUT2D eigenvalue weighted by Crippen LogP contribution is 2.31. The zero-order valence-corrected chi connectivity index (χ0v) is 16.7. The van der Waals surface area contributed by atoms with E-state index >= 15 is 0 Å². The Kier molecular flexibility index (Phi) is 4.86. The second kappa shape index (κ2) is 7.35. The van der Waals surface area contributed by atoms with Crippen molar-refractivity contribution < 1.29 is 23.3 Å². The number of nitrogens with zero attached hydrogens (tertiary/aromatic N) is 2. The van der Waals surface area contributed by atoms with Crippen molar-refractivity contribution in [2.24, 2.45) is 4.99 Å². The molecule has 0 aromatic heterocycles. The molecule has 6 heteroatoms. The van der Waals surface area contributed by atoms with Gasteiger partial charge in [-0.25, -0.2) is 14.2 Å². The van der Waals surface area contributed by atoms with Gasteiger partial charge < -0.3 is 4.74 Å². The number of allylic oxidation sites excluding steroid dienone is 2. The highest BCUT2D eigenvalue weighted by atomic mass is 19.1. The summed E-state index contributed by atoms with van der Waals surface area (Å²) in [5.74, 6) is -0.138. The maximum atomic E-state index is 13.3. The summed E-state index contributed by atoms with van der Waals surface area (Å²) < 4.78 is 21.0. The molecule has 5 nitrogen and oxygen atoms in total. The third-order valence-electron chi connectivity index (χ3n) is 5.42. The Morgan fingerprint density at radius 2 is 1.97 bits per heavy atom. The van der Waals surface area contributed by atoms with Crippen molar-refractivity contribution in [3.05, 3.63) is 70.5 Å². The molecular formula is C23H22FN2O3+. The van der Waals surface area contributed by atoms with Crippen LogP contribution < -0.4 is 0 Å². The van der Waals surface area contributed by atoms with Gasteiger partial charge in [-0.15, -0.1) is 4.58 Å². The van der Waals surface area contributed by atoms with Crippen LogP contribution in [0.4, 0.5) is 4.39 Å². The van der Waals surface area contributed by atoms with E-state index in [4.69, 9.17) is 4.74 Å². The molecule has 1 aromatic rings. The van der Waals surface area contributed by atoms with E-state index in [1.54, 1.807) is 38.4 Å². The molecule has 0 fully saturated rings. The van der Waals surface area contributed by atoms with E-state index < -0.39 is 6.10 Å². The zero-order valence-electron chi connectivity index (χ0n) is 16.7. The molecule has 3 heterocycles. The fraction of sp³-hybridized carbons (Fsp3) is 0.304. The van der Waals surface area contributed by atoms with Gasteiger partial charge in [0.25, 0.3) is 5.71 Å². The first-order valence-corrected chi connectivity index (χ1v) is 9.78. The molecule has 1 unspecified atom stereocenters. The number of benzene rings is 1. The van der Waals surface area contributed by atoms with Crippen LogP contribution in [0.25, 0.3) is 0 Å². The molecule has 3 aliphatic rings. The summed E-state index contributed by atoms with van der Waals surface area (Å²) in [6.45, 7) is 5.46. The lowest BCUT2D eigenvalue weighted by Crippen LogP contribution is -2.49. The van der Waals surface area contributed by atoms with Crippen LogP contribution in [0.3, 0.4) is 0 Å². The number of amides is 1. The van der Waals surface area contributed by atoms with E-state index in [2.05, 4.69) is 4.99 Å². The van der Waals surface area contributed by atoms with E-state index in [1.807, 2.05) is 6.92 Å². The highest BCUT2D eigenvalue weighted by Gasteiger charge is 2.49. The summed E-state index contributed by atoms with van der Waals surface area (Å²) in [4.78, 5) is 30.2. The average Bonchev–Trinajstić information content (AvgIpc) is 2.73. The number of rotatable bonds is 5. The summed E-state index contributed by atoms with van der Waals surface area (Å²) in [5.41, 5.74) is 3.85. The molecule has 29 heavy (non-hydrogen) atoms. The SMILES string of the molecule is CCC(=O)C1=C(C)C2=NC=C(Cc3ccc(F)cc3)C3OC(CC)=C[N+](=C23)C1=O. The Hall–Kier alpha value is -3.15. The van der Waals surface area contributed by atoms with Crippen LogP contribution in [0.5, 0.6) is 0 Å². The first-order valence-electron chi connectivity index (χ1n) is 9.78. The second-order valence-corrected chi connectivity index (χ2v) is 7.27. The van der Waals surface area contributed by atoms with Gasteiger partial charge in [-0.3, -0.25) is 4.79 Å². The summed E-state index contributed by atoms with van der Waals surface area (Å²) in [7, 11) is 0. The number of aliphatic imine (C=N–C) groups is 1. The van der Waals surface area contributed by atoms with Crippen LogP contribution in [-0.2, 0) is 20.7 Å². The highest BCUT2D eigenvalue weighted by molar-refractivity contribution is 6.53. The van der Waals surface area contributed by atoms with Gasteiger partial charge in [0, 0.05) is 30.2 Å². The topological polar surface area (TPSA) is 58.7 Å². The Morgan fingerprint density at radius 1 is 1.24 bits per heavy atom. The standard InChI is InChI=1S/C23H22FN2O3/c1-4-17-12-26-21-20(13(3)19(23(26)28)18(27)5-2)25-11-15(22(21)29-17)10-14-6-8-16(24)9-7-14/h6-9,11-12,22H,4-5,10H2,1-3H3/q+1. The molecule has 0 spiro atoms. The third-order valence-corrected chi connectivity index (χ3v) is 5.42. The molecule has 0 radical (unpaired) electrons. The quantitative estimate of drug-likeness (QED) is 0.567. The van der Waals surface area contributed by atoms with Gasteiger partial charge in [-0.05, 0) is 31.0 Å². The molecule has 148 valence electrons. The number of ether oxygens (including phenoxy) is 1. The van der Waals surface area contributed by atoms with E-state index in [9.17, 15) is 14.0 Å². The van der Waals surface area contributed by atoms with Crippen LogP contribution in [0.1, 0.15) is 39.2 Å². The largest absolute Gasteiger partial charge is 0.473 e. The van der Waals surface area contributed by atoms with E-state index in [0.717, 1.165) is 11.1 Å². The molecule has 3 aliphatic heterocycles. The van der Waals surface area contributed by atoms with Gasteiger partial charge in [0.05, 0.1) is 0 Å². The maximum absolute atomic E-state index is 13.3. The lowest BCUT2D eigenvalue weighted by atomic mass is 9.85. The minimum Gasteiger partial charge on any atom is -0.473 e. The number of hydrogen-bond donors (Lipinski definition) is 0. The van der Waals surface area contributed by atoms with E-state index in [1.165, 1.54) is 16.7 Å². The number of ketones is 1. The molecule has 4 rings (SSSR count). The van der Waals surface area contributed by atoms with Gasteiger partial charge in [0.1, 0.15) is 17.1 Å². The van der Waals surface area contributed by atoms with Crippen molar-refractivity contribution in [1.82, 2.24) is 0 Å². The first kappa shape index (κ1) is 19.2. The Bertz CT molecular complexity index is 1070. The molecule has 1 aromatic carbocycles. The van der Waals surface area contributed by atoms with Gasteiger partial charge >= 0.3 is 5.91 Å². The summed E-state index contributed by atoms with van der Waals surface area (Å²) in [6.07, 6.45) is 4.34. The summed E-state index contributed by atoms with van der Waals surface area (Å²) in [6, 6.07) is 6.30. The molecular weight excluding hydrogens is 371 g/mol. The van der Waals surface area contributed by atoms with Crippen molar-refractivity contribution in [1.29, 1.82) is 0 Å². The fourth-order valence-corrected chi connectivity index (χ4v) is 3.86. The molecule has 0 saturated carbocycles. The predicted octanol–water partition coefficient (Wildman–Crippen LogP) is 3.65. The third kappa shape index (κ3) is 3.18. The Balaban J connectivity index is 1.83. The minimum absolute atomic E-state index is 0.190. The fourth-order valence-electron chi connectivity index (χ4n) is 3.86. The zero-order chi connectivity index (χ0) is 20.7. The predicted molar refractivity (Wildman–Crippen MR) is 107 cm³/mol. The van der Waals surface area contributed by atoms with Crippen LogP contribution >= 0.6 is 0 Å². The second-order valence-electron chi connectivity index (χ2n) is 7.27. The molecule has 0 saturated heterocycles. The lowest BCUT2D eigenvalue weighted by Gasteiger charge is -2.30. The van der Waals surface area contributed by atoms with Crippen LogP contribution in [-0.4, -0.2) is 33.8 Å². The lowest BCUT2D eigenvalue weighted by molar-refractivity contribution is -0.386. The van der Waals surface area contributed by atoms with Gasteiger partial charge in [-0.2, -0.15) is 0 Å². The van der Waals surface area contributed by atoms with Gasteiger partial charge in [0.2, 0.25) is 12.3 Å². The molecule has 0 aliphatic carbocycles. The molecule has 0 N–H and O–H groups in total. The van der Waals surface area contributed by atoms with Gasteiger partial charge in [0.15, 0.2) is 11.5 Å². The van der Waals surface area contributed by atoms with Gasteiger partial charge in [-0.1, -0.05) is 26.0 Å². The Labute approximate surface area is 168 Å². The van der Waals surface area contributed by atoms with Crippen molar-refractivity contribution in [3.8, 4) is 0 Å². The Morgan fingerprint density at radius 3 is 2.62 bits per heavy atom. The normalized spacial score (nSPS) is 20.6. The number of Topliss-reactive ketones (excluding diaryl/α,β-unsaturated/α-hetero) is 1. The average molecular weight is 393 g/mol. The van der Waals surface area contributed by atoms with Crippen LogP contribution in [0, 0.1) is 5.82 Å². The molecule has 1 amide bonds. The first-order chi connectivity index (χ1) is 13.9. The van der Waals surface area contributed by atoms with Crippen molar-refractivity contribution >= 4 is 23.1 Å². The summed E-state index contributed by atoms with van der Waals surface area (Å²) >= 11 is 0. The number of halogens is 1. The van der Waals surface area contributed by atoms with Crippen LogP contribution in [0.2, 0.25) is 0 Å². The molecule has 1 atom stereocenters. The molecule has 0 bridgehead atoms.